The normalized spacial score (nSPS) is 18.8. The lowest BCUT2D eigenvalue weighted by atomic mass is 10.2. The SMILES string of the molecule is CCC(C)NC(=O)C1CSCN1C(=O)/C=C/c1nc2ccccc2s1. The number of amides is 2. The van der Waals surface area contributed by atoms with Gasteiger partial charge in [-0.15, -0.1) is 23.1 Å². The summed E-state index contributed by atoms with van der Waals surface area (Å²) in [6, 6.07) is 7.61. The molecule has 2 amide bonds. The lowest BCUT2D eigenvalue weighted by Gasteiger charge is -2.23. The van der Waals surface area contributed by atoms with Crippen LogP contribution in [0.3, 0.4) is 0 Å². The fraction of sp³-hybridized carbons (Fsp3) is 0.389. The molecule has 1 aliphatic rings. The Morgan fingerprint density at radius 2 is 2.24 bits per heavy atom. The first-order chi connectivity index (χ1) is 12.1. The van der Waals surface area contributed by atoms with Gasteiger partial charge in [0, 0.05) is 17.9 Å². The number of nitrogens with zero attached hydrogens (tertiary/aromatic N) is 2. The first-order valence-electron chi connectivity index (χ1n) is 8.31. The Bertz CT molecular complexity index is 769. The third-order valence-electron chi connectivity index (χ3n) is 4.15. The molecule has 3 rings (SSSR count). The van der Waals surface area contributed by atoms with Gasteiger partial charge in [-0.2, -0.15) is 0 Å². The molecule has 1 aromatic carbocycles. The van der Waals surface area contributed by atoms with E-state index in [-0.39, 0.29) is 17.9 Å². The average molecular weight is 376 g/mol. The van der Waals surface area contributed by atoms with E-state index in [4.69, 9.17) is 0 Å². The highest BCUT2D eigenvalue weighted by Gasteiger charge is 2.33. The smallest absolute Gasteiger partial charge is 0.248 e. The van der Waals surface area contributed by atoms with Gasteiger partial charge in [0.2, 0.25) is 11.8 Å². The van der Waals surface area contributed by atoms with E-state index in [1.165, 1.54) is 6.08 Å². The maximum absolute atomic E-state index is 12.5. The van der Waals surface area contributed by atoms with Crippen molar-refractivity contribution in [2.45, 2.75) is 32.4 Å². The fourth-order valence-corrected chi connectivity index (χ4v) is 4.55. The van der Waals surface area contributed by atoms with Gasteiger partial charge < -0.3 is 10.2 Å². The summed E-state index contributed by atoms with van der Waals surface area (Å²) in [5, 5.41) is 3.76. The van der Waals surface area contributed by atoms with E-state index in [0.29, 0.717) is 11.6 Å². The minimum absolute atomic E-state index is 0.0684. The van der Waals surface area contributed by atoms with Gasteiger partial charge in [0.1, 0.15) is 11.0 Å². The average Bonchev–Trinajstić information content (AvgIpc) is 3.25. The Morgan fingerprint density at radius 3 is 3.00 bits per heavy atom. The molecular weight excluding hydrogens is 354 g/mol. The number of thiazole rings is 1. The summed E-state index contributed by atoms with van der Waals surface area (Å²) in [5.41, 5.74) is 0.933. The molecule has 5 nitrogen and oxygen atoms in total. The van der Waals surface area contributed by atoms with Gasteiger partial charge in [-0.25, -0.2) is 4.98 Å². The van der Waals surface area contributed by atoms with Gasteiger partial charge in [0.25, 0.3) is 0 Å². The number of thioether (sulfide) groups is 1. The fourth-order valence-electron chi connectivity index (χ4n) is 2.52. The number of nitrogens with one attached hydrogen (secondary N) is 1. The Labute approximate surface area is 155 Å². The van der Waals surface area contributed by atoms with Gasteiger partial charge in [-0.05, 0) is 31.6 Å². The summed E-state index contributed by atoms with van der Waals surface area (Å²) in [4.78, 5) is 31.0. The van der Waals surface area contributed by atoms with Crippen molar-refractivity contribution in [2.24, 2.45) is 0 Å². The molecule has 7 heteroatoms. The molecule has 2 aromatic rings. The lowest BCUT2D eigenvalue weighted by Crippen LogP contribution is -2.48. The number of para-hydroxylation sites is 1. The first kappa shape index (κ1) is 17.9. The number of carbonyl (C=O) groups is 2. The molecule has 1 aliphatic heterocycles. The highest BCUT2D eigenvalue weighted by atomic mass is 32.2. The van der Waals surface area contributed by atoms with Crippen molar-refractivity contribution in [3.8, 4) is 0 Å². The van der Waals surface area contributed by atoms with Gasteiger partial charge in [0.05, 0.1) is 16.1 Å². The summed E-state index contributed by atoms with van der Waals surface area (Å²) < 4.78 is 1.09. The number of hydrogen-bond acceptors (Lipinski definition) is 5. The predicted octanol–water partition coefficient (Wildman–Crippen LogP) is 3.13. The number of fused-ring (bicyclic) bond motifs is 1. The van der Waals surface area contributed by atoms with Gasteiger partial charge in [-0.3, -0.25) is 9.59 Å². The zero-order valence-corrected chi connectivity index (χ0v) is 15.9. The largest absolute Gasteiger partial charge is 0.352 e. The van der Waals surface area contributed by atoms with Crippen LogP contribution in [0.15, 0.2) is 30.3 Å². The number of hydrogen-bond donors (Lipinski definition) is 1. The minimum atomic E-state index is -0.397. The van der Waals surface area contributed by atoms with Crippen molar-refractivity contribution < 1.29 is 9.59 Å². The van der Waals surface area contributed by atoms with Crippen LogP contribution < -0.4 is 5.32 Å². The number of aromatic nitrogens is 1. The topological polar surface area (TPSA) is 62.3 Å². The summed E-state index contributed by atoms with van der Waals surface area (Å²) in [5.74, 6) is 0.972. The van der Waals surface area contributed by atoms with Crippen LogP contribution >= 0.6 is 23.1 Å². The standard InChI is InChI=1S/C18H21N3O2S2/c1-3-12(2)19-18(23)14-10-24-11-21(14)17(22)9-8-16-20-13-6-4-5-7-15(13)25-16/h4-9,12,14H,3,10-11H2,1-2H3,(H,19,23)/b9-8+. The second-order valence-electron chi connectivity index (χ2n) is 5.99. The predicted molar refractivity (Wildman–Crippen MR) is 105 cm³/mol. The van der Waals surface area contributed by atoms with Gasteiger partial charge >= 0.3 is 0 Å². The van der Waals surface area contributed by atoms with Crippen molar-refractivity contribution in [1.29, 1.82) is 0 Å². The molecule has 2 atom stereocenters. The molecular formula is C18H21N3O2S2. The van der Waals surface area contributed by atoms with E-state index in [2.05, 4.69) is 10.3 Å². The number of carbonyl (C=O) groups excluding carboxylic acids is 2. The number of rotatable bonds is 5. The molecule has 0 radical (unpaired) electrons. The van der Waals surface area contributed by atoms with Crippen LogP contribution in [-0.4, -0.2) is 45.4 Å². The highest BCUT2D eigenvalue weighted by Crippen LogP contribution is 2.24. The summed E-state index contributed by atoms with van der Waals surface area (Å²) in [7, 11) is 0. The maximum Gasteiger partial charge on any atom is 0.248 e. The Morgan fingerprint density at radius 1 is 1.44 bits per heavy atom. The monoisotopic (exact) mass is 375 g/mol. The lowest BCUT2D eigenvalue weighted by molar-refractivity contribution is -0.135. The molecule has 25 heavy (non-hydrogen) atoms. The zero-order chi connectivity index (χ0) is 17.8. The van der Waals surface area contributed by atoms with Crippen molar-refractivity contribution in [1.82, 2.24) is 15.2 Å². The maximum atomic E-state index is 12.5. The highest BCUT2D eigenvalue weighted by molar-refractivity contribution is 7.99. The molecule has 1 saturated heterocycles. The van der Waals surface area contributed by atoms with Crippen molar-refractivity contribution in [3.05, 3.63) is 35.3 Å². The molecule has 2 heterocycles. The Balaban J connectivity index is 1.67. The summed E-state index contributed by atoms with van der Waals surface area (Å²) >= 11 is 3.15. The first-order valence-corrected chi connectivity index (χ1v) is 10.3. The van der Waals surface area contributed by atoms with Crippen LogP contribution in [0.4, 0.5) is 0 Å². The molecule has 1 fully saturated rings. The molecule has 0 spiro atoms. The van der Waals surface area contributed by atoms with Gasteiger partial charge in [0.15, 0.2) is 0 Å². The van der Waals surface area contributed by atoms with E-state index < -0.39 is 6.04 Å². The Kier molecular flexibility index (Phi) is 5.75. The molecule has 2 unspecified atom stereocenters. The van der Waals surface area contributed by atoms with E-state index >= 15 is 0 Å². The summed E-state index contributed by atoms with van der Waals surface area (Å²) in [6.45, 7) is 4.00. The number of benzene rings is 1. The van der Waals surface area contributed by atoms with Crippen LogP contribution in [-0.2, 0) is 9.59 Å². The van der Waals surface area contributed by atoms with Crippen LogP contribution in [0.25, 0.3) is 16.3 Å². The van der Waals surface area contributed by atoms with Crippen molar-refractivity contribution in [3.63, 3.8) is 0 Å². The minimum Gasteiger partial charge on any atom is -0.352 e. The molecule has 0 saturated carbocycles. The quantitative estimate of drug-likeness (QED) is 0.816. The van der Waals surface area contributed by atoms with E-state index in [0.717, 1.165) is 21.6 Å². The van der Waals surface area contributed by atoms with Crippen LogP contribution in [0, 0.1) is 0 Å². The van der Waals surface area contributed by atoms with Crippen LogP contribution in [0.1, 0.15) is 25.3 Å². The second kappa shape index (κ2) is 8.01. The molecule has 0 bridgehead atoms. The molecule has 0 aliphatic carbocycles. The zero-order valence-electron chi connectivity index (χ0n) is 14.3. The molecule has 1 N–H and O–H groups in total. The third-order valence-corrected chi connectivity index (χ3v) is 6.16. The van der Waals surface area contributed by atoms with Crippen molar-refractivity contribution in [2.75, 3.05) is 11.6 Å². The molecule has 132 valence electrons. The van der Waals surface area contributed by atoms with Crippen LogP contribution in [0.2, 0.25) is 0 Å². The Hall–Kier alpha value is -1.86. The van der Waals surface area contributed by atoms with Crippen molar-refractivity contribution >= 4 is 51.2 Å². The molecule has 1 aromatic heterocycles. The third kappa shape index (κ3) is 4.22. The van der Waals surface area contributed by atoms with Crippen LogP contribution in [0.5, 0.6) is 0 Å². The van der Waals surface area contributed by atoms with E-state index in [1.54, 1.807) is 34.1 Å². The second-order valence-corrected chi connectivity index (χ2v) is 8.06. The van der Waals surface area contributed by atoms with E-state index in [1.807, 2.05) is 38.1 Å². The van der Waals surface area contributed by atoms with E-state index in [9.17, 15) is 9.59 Å². The van der Waals surface area contributed by atoms with Gasteiger partial charge in [-0.1, -0.05) is 19.1 Å². The summed E-state index contributed by atoms with van der Waals surface area (Å²) in [6.07, 6.45) is 4.13.